The predicted molar refractivity (Wildman–Crippen MR) is 92.1 cm³/mol. The molecule has 1 heterocycles. The van der Waals surface area contributed by atoms with Crippen molar-refractivity contribution < 1.29 is 19.0 Å². The molecule has 3 rings (SSSR count). The topological polar surface area (TPSA) is 56.8 Å². The monoisotopic (exact) mass is 327 g/mol. The Morgan fingerprint density at radius 2 is 1.75 bits per heavy atom. The molecule has 1 aliphatic rings. The molecule has 0 unspecified atom stereocenters. The van der Waals surface area contributed by atoms with Crippen molar-refractivity contribution in [2.75, 3.05) is 18.5 Å². The van der Waals surface area contributed by atoms with Crippen LogP contribution in [0.25, 0.3) is 0 Å². The molecule has 5 heteroatoms. The summed E-state index contributed by atoms with van der Waals surface area (Å²) in [4.78, 5) is 12.4. The number of benzene rings is 2. The van der Waals surface area contributed by atoms with Gasteiger partial charge in [0.1, 0.15) is 19.0 Å². The van der Waals surface area contributed by atoms with E-state index < -0.39 is 6.10 Å². The normalized spacial score (nSPS) is 14.0. The highest BCUT2D eigenvalue weighted by Gasteiger charge is 2.18. The maximum Gasteiger partial charge on any atom is 0.265 e. The molecule has 0 spiro atoms. The molecule has 0 bridgehead atoms. The molecule has 126 valence electrons. The van der Waals surface area contributed by atoms with Crippen molar-refractivity contribution in [2.24, 2.45) is 0 Å². The number of ether oxygens (including phenoxy) is 3. The second kappa shape index (κ2) is 6.83. The van der Waals surface area contributed by atoms with Crippen LogP contribution in [0.4, 0.5) is 5.69 Å². The van der Waals surface area contributed by atoms with E-state index in [1.54, 1.807) is 25.1 Å². The van der Waals surface area contributed by atoms with Crippen LogP contribution >= 0.6 is 0 Å². The van der Waals surface area contributed by atoms with Crippen LogP contribution in [0.5, 0.6) is 17.2 Å². The van der Waals surface area contributed by atoms with E-state index in [0.29, 0.717) is 30.5 Å². The standard InChI is InChI=1S/C19H21NO4/c1-12-5-4-6-13(2)18(12)20-19(21)14(3)24-15-7-8-16-17(11-15)23-10-9-22-16/h4-8,11,14H,9-10H2,1-3H3,(H,20,21)/t14-/m1/s1. The zero-order valence-electron chi connectivity index (χ0n) is 14.1. The highest BCUT2D eigenvalue weighted by Crippen LogP contribution is 2.34. The number of carbonyl (C=O) groups is 1. The average Bonchev–Trinajstić information content (AvgIpc) is 2.58. The average molecular weight is 327 g/mol. The fourth-order valence-corrected chi connectivity index (χ4v) is 2.59. The first-order chi connectivity index (χ1) is 11.5. The number of hydrogen-bond donors (Lipinski definition) is 1. The van der Waals surface area contributed by atoms with Gasteiger partial charge in [0, 0.05) is 11.8 Å². The number of hydrogen-bond acceptors (Lipinski definition) is 4. The van der Waals surface area contributed by atoms with Gasteiger partial charge in [-0.2, -0.15) is 0 Å². The zero-order chi connectivity index (χ0) is 17.1. The number of fused-ring (bicyclic) bond motifs is 1. The van der Waals surface area contributed by atoms with E-state index in [1.807, 2.05) is 32.0 Å². The molecule has 24 heavy (non-hydrogen) atoms. The minimum absolute atomic E-state index is 0.192. The van der Waals surface area contributed by atoms with Crippen molar-refractivity contribution >= 4 is 11.6 Å². The van der Waals surface area contributed by atoms with Gasteiger partial charge in [0.05, 0.1) is 0 Å². The largest absolute Gasteiger partial charge is 0.486 e. The summed E-state index contributed by atoms with van der Waals surface area (Å²) in [5.41, 5.74) is 2.88. The van der Waals surface area contributed by atoms with Gasteiger partial charge >= 0.3 is 0 Å². The molecule has 1 N–H and O–H groups in total. The Labute approximate surface area is 141 Å². The number of amides is 1. The summed E-state index contributed by atoms with van der Waals surface area (Å²) in [5.74, 6) is 1.72. The highest BCUT2D eigenvalue weighted by atomic mass is 16.6. The number of nitrogens with one attached hydrogen (secondary N) is 1. The summed E-state index contributed by atoms with van der Waals surface area (Å²) in [5, 5.41) is 2.94. The first-order valence-corrected chi connectivity index (χ1v) is 7.98. The van der Waals surface area contributed by atoms with Gasteiger partial charge in [-0.25, -0.2) is 0 Å². The van der Waals surface area contributed by atoms with Gasteiger partial charge in [-0.15, -0.1) is 0 Å². The maximum absolute atomic E-state index is 12.4. The molecule has 1 amide bonds. The molecule has 1 aliphatic heterocycles. The molecule has 2 aromatic rings. The quantitative estimate of drug-likeness (QED) is 0.934. The van der Waals surface area contributed by atoms with E-state index in [2.05, 4.69) is 5.32 Å². The summed E-state index contributed by atoms with van der Waals surface area (Å²) in [7, 11) is 0. The van der Waals surface area contributed by atoms with Crippen LogP contribution in [0.3, 0.4) is 0 Å². The summed E-state index contributed by atoms with van der Waals surface area (Å²) in [6, 6.07) is 11.2. The van der Waals surface area contributed by atoms with E-state index in [-0.39, 0.29) is 5.91 Å². The van der Waals surface area contributed by atoms with E-state index >= 15 is 0 Å². The molecule has 0 saturated carbocycles. The lowest BCUT2D eigenvalue weighted by molar-refractivity contribution is -0.122. The Morgan fingerprint density at radius 1 is 1.08 bits per heavy atom. The molecule has 2 aromatic carbocycles. The minimum Gasteiger partial charge on any atom is -0.486 e. The Bertz CT molecular complexity index is 737. The van der Waals surface area contributed by atoms with E-state index in [0.717, 1.165) is 16.8 Å². The lowest BCUT2D eigenvalue weighted by Crippen LogP contribution is -2.30. The van der Waals surface area contributed by atoms with Crippen LogP contribution in [0, 0.1) is 13.8 Å². The number of aryl methyl sites for hydroxylation is 2. The second-order valence-corrected chi connectivity index (χ2v) is 5.82. The van der Waals surface area contributed by atoms with Crippen LogP contribution in [0.1, 0.15) is 18.1 Å². The Balaban J connectivity index is 1.68. The first kappa shape index (κ1) is 16.2. The van der Waals surface area contributed by atoms with Gasteiger partial charge in [0.2, 0.25) is 0 Å². The van der Waals surface area contributed by atoms with Crippen molar-refractivity contribution in [3.8, 4) is 17.2 Å². The van der Waals surface area contributed by atoms with E-state index in [9.17, 15) is 4.79 Å². The van der Waals surface area contributed by atoms with Gasteiger partial charge in [0.25, 0.3) is 5.91 Å². The van der Waals surface area contributed by atoms with Crippen molar-refractivity contribution in [3.63, 3.8) is 0 Å². The molecule has 0 radical (unpaired) electrons. The highest BCUT2D eigenvalue weighted by molar-refractivity contribution is 5.95. The van der Waals surface area contributed by atoms with E-state index in [4.69, 9.17) is 14.2 Å². The van der Waals surface area contributed by atoms with Gasteiger partial charge in [-0.1, -0.05) is 18.2 Å². The third kappa shape index (κ3) is 3.45. The Morgan fingerprint density at radius 3 is 2.46 bits per heavy atom. The first-order valence-electron chi connectivity index (χ1n) is 7.98. The molecule has 5 nitrogen and oxygen atoms in total. The summed E-state index contributed by atoms with van der Waals surface area (Å²) >= 11 is 0. The molecule has 1 atom stereocenters. The third-order valence-corrected chi connectivity index (χ3v) is 3.93. The fraction of sp³-hybridized carbons (Fsp3) is 0.316. The minimum atomic E-state index is -0.633. The van der Waals surface area contributed by atoms with Crippen LogP contribution < -0.4 is 19.5 Å². The summed E-state index contributed by atoms with van der Waals surface area (Å²) in [6.07, 6.45) is -0.633. The molecular formula is C19H21NO4. The number of anilines is 1. The van der Waals surface area contributed by atoms with Gasteiger partial charge in [-0.3, -0.25) is 4.79 Å². The van der Waals surface area contributed by atoms with Crippen LogP contribution in [-0.2, 0) is 4.79 Å². The summed E-state index contributed by atoms with van der Waals surface area (Å²) < 4.78 is 16.8. The van der Waals surface area contributed by atoms with Crippen LogP contribution in [-0.4, -0.2) is 25.2 Å². The second-order valence-electron chi connectivity index (χ2n) is 5.82. The molecule has 0 saturated heterocycles. The van der Waals surface area contributed by atoms with Crippen molar-refractivity contribution in [1.29, 1.82) is 0 Å². The van der Waals surface area contributed by atoms with Crippen molar-refractivity contribution in [3.05, 3.63) is 47.5 Å². The maximum atomic E-state index is 12.4. The van der Waals surface area contributed by atoms with Crippen LogP contribution in [0.15, 0.2) is 36.4 Å². The SMILES string of the molecule is Cc1cccc(C)c1NC(=O)[C@@H](C)Oc1ccc2c(c1)OCCO2. The number of rotatable bonds is 4. The van der Waals surface area contributed by atoms with Crippen molar-refractivity contribution in [1.82, 2.24) is 0 Å². The van der Waals surface area contributed by atoms with Gasteiger partial charge in [0.15, 0.2) is 17.6 Å². The lowest BCUT2D eigenvalue weighted by Gasteiger charge is -2.20. The van der Waals surface area contributed by atoms with Gasteiger partial charge < -0.3 is 19.5 Å². The summed E-state index contributed by atoms with van der Waals surface area (Å²) in [6.45, 7) is 6.71. The smallest absolute Gasteiger partial charge is 0.265 e. The molecule has 0 fully saturated rings. The number of para-hydroxylation sites is 1. The lowest BCUT2D eigenvalue weighted by atomic mass is 10.1. The predicted octanol–water partition coefficient (Wildman–Crippen LogP) is 3.48. The van der Waals surface area contributed by atoms with Crippen molar-refractivity contribution in [2.45, 2.75) is 26.9 Å². The Kier molecular flexibility index (Phi) is 4.60. The van der Waals surface area contributed by atoms with E-state index in [1.165, 1.54) is 0 Å². The Hall–Kier alpha value is -2.69. The third-order valence-electron chi connectivity index (χ3n) is 3.93. The van der Waals surface area contributed by atoms with Crippen LogP contribution in [0.2, 0.25) is 0 Å². The molecule has 0 aliphatic carbocycles. The molecular weight excluding hydrogens is 306 g/mol. The fourth-order valence-electron chi connectivity index (χ4n) is 2.59. The zero-order valence-corrected chi connectivity index (χ0v) is 14.1. The molecule has 0 aromatic heterocycles. The number of carbonyl (C=O) groups excluding carboxylic acids is 1. The van der Waals surface area contributed by atoms with Gasteiger partial charge in [-0.05, 0) is 44.0 Å².